The van der Waals surface area contributed by atoms with E-state index in [9.17, 15) is 9.18 Å². The molecule has 14 heavy (non-hydrogen) atoms. The van der Waals surface area contributed by atoms with Crippen molar-refractivity contribution in [2.45, 2.75) is 6.92 Å². The third-order valence-electron chi connectivity index (χ3n) is 1.95. The number of aromatic amines is 1. The normalized spacial score (nSPS) is 10.4. The van der Waals surface area contributed by atoms with Crippen LogP contribution in [0.2, 0.25) is 0 Å². The van der Waals surface area contributed by atoms with Crippen molar-refractivity contribution in [3.05, 3.63) is 52.5 Å². The maximum atomic E-state index is 12.6. The lowest BCUT2D eigenvalue weighted by Gasteiger charge is -1.99. The van der Waals surface area contributed by atoms with E-state index in [4.69, 9.17) is 0 Å². The monoisotopic (exact) mass is 192 g/mol. The molecular formula is C10H9FN2O. The van der Waals surface area contributed by atoms with Crippen LogP contribution in [0.1, 0.15) is 5.69 Å². The minimum atomic E-state index is -0.311. The molecule has 0 saturated carbocycles. The third-order valence-corrected chi connectivity index (χ3v) is 1.95. The molecule has 0 saturated heterocycles. The van der Waals surface area contributed by atoms with Crippen molar-refractivity contribution in [1.29, 1.82) is 0 Å². The van der Waals surface area contributed by atoms with Gasteiger partial charge in [0.05, 0.1) is 5.69 Å². The Bertz CT molecular complexity index is 496. The number of rotatable bonds is 1. The summed E-state index contributed by atoms with van der Waals surface area (Å²) in [5, 5.41) is 0. The second kappa shape index (κ2) is 3.14. The van der Waals surface area contributed by atoms with Gasteiger partial charge < -0.3 is 4.98 Å². The Hall–Kier alpha value is -1.84. The summed E-state index contributed by atoms with van der Waals surface area (Å²) in [7, 11) is 0. The first kappa shape index (κ1) is 8.74. The highest BCUT2D eigenvalue weighted by Gasteiger charge is 2.01. The van der Waals surface area contributed by atoms with Crippen molar-refractivity contribution in [2.75, 3.05) is 0 Å². The smallest absolute Gasteiger partial charge is 0.310 e. The molecule has 2 aromatic rings. The molecule has 0 aliphatic carbocycles. The van der Waals surface area contributed by atoms with E-state index in [0.29, 0.717) is 5.69 Å². The summed E-state index contributed by atoms with van der Waals surface area (Å²) < 4.78 is 14.1. The molecular weight excluding hydrogens is 183 g/mol. The number of hydrogen-bond donors (Lipinski definition) is 1. The average Bonchev–Trinajstić information content (AvgIpc) is 2.47. The molecule has 3 nitrogen and oxygen atoms in total. The summed E-state index contributed by atoms with van der Waals surface area (Å²) in [6, 6.07) is 5.77. The van der Waals surface area contributed by atoms with Gasteiger partial charge >= 0.3 is 5.69 Å². The first-order chi connectivity index (χ1) is 6.66. The van der Waals surface area contributed by atoms with Crippen LogP contribution in [0.3, 0.4) is 0 Å². The van der Waals surface area contributed by atoms with Gasteiger partial charge in [-0.1, -0.05) is 0 Å². The number of H-pyrrole nitrogens is 1. The lowest BCUT2D eigenvalue weighted by atomic mass is 10.3. The second-order valence-electron chi connectivity index (χ2n) is 3.09. The summed E-state index contributed by atoms with van der Waals surface area (Å²) >= 11 is 0. The van der Waals surface area contributed by atoms with Crippen molar-refractivity contribution < 1.29 is 4.39 Å². The summed E-state index contributed by atoms with van der Waals surface area (Å²) in [6.07, 6.45) is 1.68. The number of aromatic nitrogens is 2. The number of imidazole rings is 1. The molecule has 1 heterocycles. The van der Waals surface area contributed by atoms with Crippen molar-refractivity contribution >= 4 is 0 Å². The number of halogens is 1. The van der Waals surface area contributed by atoms with Crippen LogP contribution in [0, 0.1) is 12.7 Å². The van der Waals surface area contributed by atoms with Gasteiger partial charge in [-0.15, -0.1) is 0 Å². The van der Waals surface area contributed by atoms with Gasteiger partial charge in [0.15, 0.2) is 0 Å². The van der Waals surface area contributed by atoms with Crippen molar-refractivity contribution in [1.82, 2.24) is 9.55 Å². The molecule has 72 valence electrons. The molecule has 0 aliphatic heterocycles. The third kappa shape index (κ3) is 1.46. The minimum Gasteiger partial charge on any atom is -0.310 e. The van der Waals surface area contributed by atoms with Crippen LogP contribution in [-0.2, 0) is 0 Å². The zero-order valence-corrected chi connectivity index (χ0v) is 7.62. The van der Waals surface area contributed by atoms with Crippen LogP contribution in [0.15, 0.2) is 35.3 Å². The molecule has 0 amide bonds. The summed E-state index contributed by atoms with van der Waals surface area (Å²) in [6.45, 7) is 1.79. The molecule has 4 heteroatoms. The van der Waals surface area contributed by atoms with Gasteiger partial charge in [-0.25, -0.2) is 9.18 Å². The highest BCUT2D eigenvalue weighted by atomic mass is 19.1. The van der Waals surface area contributed by atoms with Gasteiger partial charge in [-0.3, -0.25) is 4.57 Å². The van der Waals surface area contributed by atoms with Crippen LogP contribution in [0.4, 0.5) is 4.39 Å². The van der Waals surface area contributed by atoms with Gasteiger partial charge in [-0.2, -0.15) is 0 Å². The number of nitrogens with zero attached hydrogens (tertiary/aromatic N) is 1. The fourth-order valence-corrected chi connectivity index (χ4v) is 1.31. The first-order valence-corrected chi connectivity index (χ1v) is 4.21. The molecule has 1 aromatic heterocycles. The van der Waals surface area contributed by atoms with Crippen molar-refractivity contribution in [2.24, 2.45) is 0 Å². The summed E-state index contributed by atoms with van der Waals surface area (Å²) in [4.78, 5) is 14.0. The van der Waals surface area contributed by atoms with Crippen molar-refractivity contribution in [3.8, 4) is 5.69 Å². The highest BCUT2D eigenvalue weighted by Crippen LogP contribution is 2.06. The predicted octanol–water partition coefficient (Wildman–Crippen LogP) is 1.61. The maximum Gasteiger partial charge on any atom is 0.330 e. The fourth-order valence-electron chi connectivity index (χ4n) is 1.31. The SMILES string of the molecule is Cc1cn(-c2ccc(F)cc2)c(=O)[nH]1. The molecule has 1 aromatic carbocycles. The first-order valence-electron chi connectivity index (χ1n) is 4.21. The Morgan fingerprint density at radius 1 is 1.29 bits per heavy atom. The quantitative estimate of drug-likeness (QED) is 0.732. The Balaban J connectivity index is 2.54. The summed E-state index contributed by atoms with van der Waals surface area (Å²) in [5.41, 5.74) is 1.22. The molecule has 2 rings (SSSR count). The van der Waals surface area contributed by atoms with Gasteiger partial charge in [0.1, 0.15) is 5.82 Å². The lowest BCUT2D eigenvalue weighted by molar-refractivity contribution is 0.627. The van der Waals surface area contributed by atoms with Gasteiger partial charge in [0.25, 0.3) is 0 Å². The van der Waals surface area contributed by atoms with E-state index in [-0.39, 0.29) is 11.5 Å². The number of hydrogen-bond acceptors (Lipinski definition) is 1. The van der Waals surface area contributed by atoms with E-state index >= 15 is 0 Å². The van der Waals surface area contributed by atoms with Crippen LogP contribution in [0.5, 0.6) is 0 Å². The molecule has 0 spiro atoms. The molecule has 0 radical (unpaired) electrons. The van der Waals surface area contributed by atoms with E-state index < -0.39 is 0 Å². The van der Waals surface area contributed by atoms with E-state index in [1.165, 1.54) is 16.7 Å². The predicted molar refractivity (Wildman–Crippen MR) is 51.1 cm³/mol. The van der Waals surface area contributed by atoms with Crippen LogP contribution in [-0.4, -0.2) is 9.55 Å². The van der Waals surface area contributed by atoms with Gasteiger partial charge in [-0.05, 0) is 31.2 Å². The van der Waals surface area contributed by atoms with E-state index in [1.807, 2.05) is 0 Å². The molecule has 0 fully saturated rings. The largest absolute Gasteiger partial charge is 0.330 e. The molecule has 0 unspecified atom stereocenters. The lowest BCUT2D eigenvalue weighted by Crippen LogP contribution is -2.13. The number of aryl methyl sites for hydroxylation is 1. The second-order valence-corrected chi connectivity index (χ2v) is 3.09. The average molecular weight is 192 g/mol. The minimum absolute atomic E-state index is 0.214. The summed E-state index contributed by atoms with van der Waals surface area (Å²) in [5.74, 6) is -0.311. The Morgan fingerprint density at radius 3 is 2.43 bits per heavy atom. The van der Waals surface area contributed by atoms with E-state index in [0.717, 1.165) is 5.69 Å². The molecule has 1 N–H and O–H groups in total. The highest BCUT2D eigenvalue weighted by molar-refractivity contribution is 5.32. The Labute approximate surface area is 79.8 Å². The van der Waals surface area contributed by atoms with E-state index in [2.05, 4.69) is 4.98 Å². The number of benzene rings is 1. The number of nitrogens with one attached hydrogen (secondary N) is 1. The topological polar surface area (TPSA) is 37.8 Å². The fraction of sp³-hybridized carbons (Fsp3) is 0.100. The van der Waals surface area contributed by atoms with Crippen LogP contribution >= 0.6 is 0 Å². The molecule has 0 bridgehead atoms. The molecule has 0 aliphatic rings. The Kier molecular flexibility index (Phi) is 1.96. The standard InChI is InChI=1S/C10H9FN2O/c1-7-6-13(10(14)12-7)9-4-2-8(11)3-5-9/h2-6H,1H3,(H,12,14). The molecule has 0 atom stereocenters. The van der Waals surface area contributed by atoms with Crippen molar-refractivity contribution in [3.63, 3.8) is 0 Å². The van der Waals surface area contributed by atoms with Crippen LogP contribution < -0.4 is 5.69 Å². The van der Waals surface area contributed by atoms with Gasteiger partial charge in [0.2, 0.25) is 0 Å². The van der Waals surface area contributed by atoms with Gasteiger partial charge in [0, 0.05) is 11.9 Å². The maximum absolute atomic E-state index is 12.6. The zero-order chi connectivity index (χ0) is 10.1. The van der Waals surface area contributed by atoms with Crippen LogP contribution in [0.25, 0.3) is 5.69 Å². The van der Waals surface area contributed by atoms with E-state index in [1.54, 1.807) is 25.3 Å². The zero-order valence-electron chi connectivity index (χ0n) is 7.62. The Morgan fingerprint density at radius 2 is 1.93 bits per heavy atom.